The minimum absolute atomic E-state index is 0.159. The highest BCUT2D eigenvalue weighted by Crippen LogP contribution is 2.29. The van der Waals surface area contributed by atoms with Gasteiger partial charge in [-0.3, -0.25) is 4.79 Å². The first-order valence-corrected chi connectivity index (χ1v) is 5.83. The normalized spacial score (nSPS) is 13.6. The van der Waals surface area contributed by atoms with Crippen molar-refractivity contribution in [3.05, 3.63) is 47.6 Å². The number of hydrogen-bond donors (Lipinski definition) is 0. The smallest absolute Gasteiger partial charge is 0.163 e. The van der Waals surface area contributed by atoms with E-state index in [9.17, 15) is 4.79 Å². The molecule has 1 aromatic carbocycles. The molecule has 0 aromatic heterocycles. The number of rotatable bonds is 4. The Morgan fingerprint density at radius 2 is 2.24 bits per heavy atom. The number of Topliss-reactive ketones (excluding diaryl/α,β-unsaturated/α-hetero) is 1. The number of ether oxygens (including phenoxy) is 1. The average Bonchev–Trinajstić information content (AvgIpc) is 2.90. The number of carbonyl (C=O) groups is 1. The van der Waals surface area contributed by atoms with Crippen molar-refractivity contribution in [3.8, 4) is 5.75 Å². The molecule has 1 aliphatic carbocycles. The van der Waals surface area contributed by atoms with Gasteiger partial charge in [0.1, 0.15) is 5.75 Å². The largest absolute Gasteiger partial charge is 0.497 e. The number of hydrogen-bond acceptors (Lipinski definition) is 2. The lowest BCUT2D eigenvalue weighted by molar-refractivity contribution is 0.0987. The quantitative estimate of drug-likeness (QED) is 0.735. The van der Waals surface area contributed by atoms with Gasteiger partial charge in [0.15, 0.2) is 5.78 Å². The molecule has 1 aromatic rings. The molecule has 0 N–H and O–H groups in total. The van der Waals surface area contributed by atoms with E-state index < -0.39 is 0 Å². The van der Waals surface area contributed by atoms with E-state index >= 15 is 0 Å². The van der Waals surface area contributed by atoms with Crippen LogP contribution in [0.3, 0.4) is 0 Å². The van der Waals surface area contributed by atoms with E-state index in [1.165, 1.54) is 5.57 Å². The average molecular weight is 228 g/mol. The van der Waals surface area contributed by atoms with Crippen molar-refractivity contribution in [1.29, 1.82) is 0 Å². The molecule has 0 saturated carbocycles. The monoisotopic (exact) mass is 228 g/mol. The molecule has 0 unspecified atom stereocenters. The minimum atomic E-state index is 0.159. The molecule has 0 fully saturated rings. The van der Waals surface area contributed by atoms with Crippen LogP contribution in [0, 0.1) is 0 Å². The summed E-state index contributed by atoms with van der Waals surface area (Å²) in [5.41, 5.74) is 2.99. The van der Waals surface area contributed by atoms with Crippen molar-refractivity contribution in [2.24, 2.45) is 0 Å². The third-order valence-electron chi connectivity index (χ3n) is 2.97. The van der Waals surface area contributed by atoms with Gasteiger partial charge in [0, 0.05) is 12.0 Å². The molecular formula is C15H16O2. The lowest BCUT2D eigenvalue weighted by atomic mass is 9.95. The zero-order chi connectivity index (χ0) is 12.3. The highest BCUT2D eigenvalue weighted by atomic mass is 16.5. The summed E-state index contributed by atoms with van der Waals surface area (Å²) in [6, 6.07) is 5.71. The molecule has 1 aliphatic rings. The number of ketones is 1. The van der Waals surface area contributed by atoms with E-state index in [4.69, 9.17) is 4.74 Å². The lowest BCUT2D eigenvalue weighted by Gasteiger charge is -2.11. The first-order valence-electron chi connectivity index (χ1n) is 5.83. The van der Waals surface area contributed by atoms with Crippen LogP contribution >= 0.6 is 0 Å². The van der Waals surface area contributed by atoms with Gasteiger partial charge in [-0.2, -0.15) is 0 Å². The molecule has 0 aliphatic heterocycles. The lowest BCUT2D eigenvalue weighted by Crippen LogP contribution is -2.02. The van der Waals surface area contributed by atoms with Crippen LogP contribution in [0.25, 0.3) is 5.57 Å². The predicted octanol–water partition coefficient (Wildman–Crippen LogP) is 3.63. The van der Waals surface area contributed by atoms with Crippen molar-refractivity contribution in [1.82, 2.24) is 0 Å². The fourth-order valence-corrected chi connectivity index (χ4v) is 2.00. The molecule has 0 saturated heterocycles. The van der Waals surface area contributed by atoms with E-state index in [2.05, 4.69) is 12.2 Å². The molecule has 0 radical (unpaired) electrons. The minimum Gasteiger partial charge on any atom is -0.497 e. The predicted molar refractivity (Wildman–Crippen MR) is 69.3 cm³/mol. The molecule has 0 bridgehead atoms. The van der Waals surface area contributed by atoms with Gasteiger partial charge in [-0.1, -0.05) is 31.2 Å². The summed E-state index contributed by atoms with van der Waals surface area (Å²) in [7, 11) is 1.62. The Kier molecular flexibility index (Phi) is 3.43. The molecule has 0 spiro atoms. The standard InChI is InChI=1S/C15H16O2/c1-3-15(16)14-10-12(17-2)8-9-13(14)11-6-4-5-7-11/h4-6,8-10H,3,7H2,1-2H3. The summed E-state index contributed by atoms with van der Waals surface area (Å²) in [6.45, 7) is 1.88. The SMILES string of the molecule is CCC(=O)c1cc(OC)ccc1C1=CC=CC1. The number of methoxy groups -OCH3 is 1. The van der Waals surface area contributed by atoms with E-state index in [-0.39, 0.29) is 5.78 Å². The Balaban J connectivity index is 2.47. The number of allylic oxidation sites excluding steroid dienone is 4. The molecular weight excluding hydrogens is 212 g/mol. The number of benzene rings is 1. The molecule has 88 valence electrons. The van der Waals surface area contributed by atoms with Gasteiger partial charge >= 0.3 is 0 Å². The van der Waals surface area contributed by atoms with Crippen LogP contribution in [0.15, 0.2) is 36.4 Å². The van der Waals surface area contributed by atoms with Crippen LogP contribution in [-0.2, 0) is 0 Å². The highest BCUT2D eigenvalue weighted by Gasteiger charge is 2.14. The Bertz CT molecular complexity index is 496. The molecule has 2 nitrogen and oxygen atoms in total. The van der Waals surface area contributed by atoms with Crippen LogP contribution in [0.2, 0.25) is 0 Å². The summed E-state index contributed by atoms with van der Waals surface area (Å²) >= 11 is 0. The summed E-state index contributed by atoms with van der Waals surface area (Å²) in [5, 5.41) is 0. The van der Waals surface area contributed by atoms with Gasteiger partial charge < -0.3 is 4.74 Å². The van der Waals surface area contributed by atoms with Crippen LogP contribution in [0.5, 0.6) is 5.75 Å². The van der Waals surface area contributed by atoms with Crippen LogP contribution in [-0.4, -0.2) is 12.9 Å². The second-order valence-corrected chi connectivity index (χ2v) is 4.01. The molecule has 2 heteroatoms. The van der Waals surface area contributed by atoms with Gasteiger partial charge in [0.2, 0.25) is 0 Å². The van der Waals surface area contributed by atoms with E-state index in [1.54, 1.807) is 7.11 Å². The topological polar surface area (TPSA) is 26.3 Å². The van der Waals surface area contributed by atoms with E-state index in [0.717, 1.165) is 23.3 Å². The van der Waals surface area contributed by atoms with Gasteiger partial charge in [0.05, 0.1) is 7.11 Å². The summed E-state index contributed by atoms with van der Waals surface area (Å²) in [6.07, 6.45) is 7.60. The maximum absolute atomic E-state index is 12.0. The summed E-state index contributed by atoms with van der Waals surface area (Å²) < 4.78 is 5.18. The molecule has 2 rings (SSSR count). The van der Waals surface area contributed by atoms with Crippen molar-refractivity contribution >= 4 is 11.4 Å². The highest BCUT2D eigenvalue weighted by molar-refractivity contribution is 6.01. The molecule has 0 heterocycles. The molecule has 0 atom stereocenters. The zero-order valence-corrected chi connectivity index (χ0v) is 10.2. The van der Waals surface area contributed by atoms with Crippen molar-refractivity contribution in [2.45, 2.75) is 19.8 Å². The first kappa shape index (κ1) is 11.6. The van der Waals surface area contributed by atoms with Gasteiger partial charge in [-0.25, -0.2) is 0 Å². The van der Waals surface area contributed by atoms with Gasteiger partial charge in [-0.05, 0) is 29.7 Å². The summed E-state index contributed by atoms with van der Waals surface area (Å²) in [5.74, 6) is 0.892. The Morgan fingerprint density at radius 3 is 2.82 bits per heavy atom. The fraction of sp³-hybridized carbons (Fsp3) is 0.267. The van der Waals surface area contributed by atoms with Crippen LogP contribution in [0.4, 0.5) is 0 Å². The third-order valence-corrected chi connectivity index (χ3v) is 2.97. The zero-order valence-electron chi connectivity index (χ0n) is 10.2. The van der Waals surface area contributed by atoms with Gasteiger partial charge in [-0.15, -0.1) is 0 Å². The number of carbonyl (C=O) groups excluding carboxylic acids is 1. The van der Waals surface area contributed by atoms with Crippen molar-refractivity contribution < 1.29 is 9.53 Å². The van der Waals surface area contributed by atoms with E-state index in [1.807, 2.05) is 31.2 Å². The maximum Gasteiger partial charge on any atom is 0.163 e. The van der Waals surface area contributed by atoms with Gasteiger partial charge in [0.25, 0.3) is 0 Å². The van der Waals surface area contributed by atoms with Crippen molar-refractivity contribution in [2.75, 3.05) is 7.11 Å². The second kappa shape index (κ2) is 5.00. The van der Waals surface area contributed by atoms with Crippen LogP contribution in [0.1, 0.15) is 35.7 Å². The van der Waals surface area contributed by atoms with Crippen molar-refractivity contribution in [3.63, 3.8) is 0 Å². The Hall–Kier alpha value is -1.83. The fourth-order valence-electron chi connectivity index (χ4n) is 2.00. The first-order chi connectivity index (χ1) is 8.26. The molecule has 0 amide bonds. The second-order valence-electron chi connectivity index (χ2n) is 4.01. The Labute approximate surface area is 102 Å². The maximum atomic E-state index is 12.0. The summed E-state index contributed by atoms with van der Waals surface area (Å²) in [4.78, 5) is 12.0. The Morgan fingerprint density at radius 1 is 1.41 bits per heavy atom. The third kappa shape index (κ3) is 2.31. The van der Waals surface area contributed by atoms with Crippen LogP contribution < -0.4 is 4.74 Å². The molecule has 17 heavy (non-hydrogen) atoms. The van der Waals surface area contributed by atoms with E-state index in [0.29, 0.717) is 6.42 Å².